The van der Waals surface area contributed by atoms with Gasteiger partial charge in [-0.2, -0.15) is 0 Å². The van der Waals surface area contributed by atoms with Gasteiger partial charge in [0.05, 0.1) is 12.2 Å². The number of ether oxygens (including phenoxy) is 3. The minimum atomic E-state index is 0.0285. The molecule has 1 saturated heterocycles. The molecular formula is C15H19NO4. The summed E-state index contributed by atoms with van der Waals surface area (Å²) in [4.78, 5) is 13.8. The van der Waals surface area contributed by atoms with Crippen LogP contribution in [0.25, 0.3) is 0 Å². The van der Waals surface area contributed by atoms with Gasteiger partial charge in [-0.15, -0.1) is 0 Å². The van der Waals surface area contributed by atoms with E-state index < -0.39 is 0 Å². The van der Waals surface area contributed by atoms with Crippen LogP contribution in [0.5, 0.6) is 11.5 Å². The predicted molar refractivity (Wildman–Crippen MR) is 73.6 cm³/mol. The summed E-state index contributed by atoms with van der Waals surface area (Å²) in [6.45, 7) is 6.48. The zero-order chi connectivity index (χ0) is 13.9. The van der Waals surface area contributed by atoms with Crippen LogP contribution in [0.2, 0.25) is 0 Å². The molecular weight excluding hydrogens is 258 g/mol. The predicted octanol–water partition coefficient (Wildman–Crippen LogP) is 1.36. The van der Waals surface area contributed by atoms with E-state index in [1.807, 2.05) is 6.07 Å². The molecule has 1 fully saturated rings. The highest BCUT2D eigenvalue weighted by molar-refractivity contribution is 6.02. The van der Waals surface area contributed by atoms with E-state index in [0.717, 1.165) is 32.0 Å². The number of likely N-dealkylation sites (N-methyl/N-ethyl adjacent to an activating group) is 1. The Morgan fingerprint density at radius 1 is 1.45 bits per heavy atom. The molecule has 5 nitrogen and oxygen atoms in total. The summed E-state index contributed by atoms with van der Waals surface area (Å²) in [6.07, 6.45) is 0.0968. The highest BCUT2D eigenvalue weighted by atomic mass is 16.5. The summed E-state index contributed by atoms with van der Waals surface area (Å²) in [5, 5.41) is 0. The summed E-state index contributed by atoms with van der Waals surface area (Å²) in [7, 11) is 0. The molecule has 0 radical (unpaired) electrons. The lowest BCUT2D eigenvalue weighted by Crippen LogP contribution is -2.44. The van der Waals surface area contributed by atoms with Crippen molar-refractivity contribution in [2.24, 2.45) is 0 Å². The van der Waals surface area contributed by atoms with Crippen molar-refractivity contribution in [2.45, 2.75) is 13.0 Å². The normalized spacial score (nSPS) is 22.4. The van der Waals surface area contributed by atoms with Crippen molar-refractivity contribution in [3.05, 3.63) is 23.8 Å². The van der Waals surface area contributed by atoms with Crippen molar-refractivity contribution in [3.63, 3.8) is 0 Å². The van der Waals surface area contributed by atoms with Gasteiger partial charge in [0.2, 0.25) is 5.78 Å². The zero-order valence-electron chi connectivity index (χ0n) is 11.6. The van der Waals surface area contributed by atoms with Gasteiger partial charge in [-0.25, -0.2) is 0 Å². The molecule has 20 heavy (non-hydrogen) atoms. The second-order valence-corrected chi connectivity index (χ2v) is 5.07. The Morgan fingerprint density at radius 2 is 2.35 bits per heavy atom. The summed E-state index contributed by atoms with van der Waals surface area (Å²) < 4.78 is 16.8. The molecule has 0 spiro atoms. The van der Waals surface area contributed by atoms with Crippen molar-refractivity contribution < 1.29 is 19.0 Å². The number of hydrogen-bond donors (Lipinski definition) is 0. The quantitative estimate of drug-likeness (QED) is 0.831. The summed E-state index contributed by atoms with van der Waals surface area (Å²) in [5.41, 5.74) is 0.642. The summed E-state index contributed by atoms with van der Waals surface area (Å²) in [6, 6.07) is 5.35. The highest BCUT2D eigenvalue weighted by Gasteiger charge is 2.22. The monoisotopic (exact) mass is 277 g/mol. The maximum Gasteiger partial charge on any atom is 0.203 e. The molecule has 0 N–H and O–H groups in total. The molecule has 1 atom stereocenters. The Bertz CT molecular complexity index is 503. The number of rotatable bonds is 4. The summed E-state index contributed by atoms with van der Waals surface area (Å²) in [5.74, 6) is 1.36. The van der Waals surface area contributed by atoms with E-state index in [2.05, 4.69) is 11.8 Å². The van der Waals surface area contributed by atoms with Gasteiger partial charge in [0.15, 0.2) is 6.61 Å². The first-order chi connectivity index (χ1) is 9.76. The van der Waals surface area contributed by atoms with Gasteiger partial charge in [-0.05, 0) is 18.7 Å². The van der Waals surface area contributed by atoms with Gasteiger partial charge in [0, 0.05) is 19.2 Å². The van der Waals surface area contributed by atoms with Crippen molar-refractivity contribution in [2.75, 3.05) is 39.5 Å². The van der Waals surface area contributed by atoms with E-state index in [1.165, 1.54) is 0 Å². The molecule has 0 bridgehead atoms. The third kappa shape index (κ3) is 2.78. The van der Waals surface area contributed by atoms with E-state index in [1.54, 1.807) is 12.1 Å². The number of morpholine rings is 1. The lowest BCUT2D eigenvalue weighted by atomic mass is 10.1. The first-order valence-corrected chi connectivity index (χ1v) is 7.03. The van der Waals surface area contributed by atoms with Crippen molar-refractivity contribution >= 4 is 5.78 Å². The second kappa shape index (κ2) is 5.81. The fraction of sp³-hybridized carbons (Fsp3) is 0.533. The number of ketones is 1. The third-order valence-electron chi connectivity index (χ3n) is 3.72. The van der Waals surface area contributed by atoms with Crippen molar-refractivity contribution in [1.29, 1.82) is 0 Å². The Hall–Kier alpha value is -1.59. The number of nitrogens with zero attached hydrogens (tertiary/aromatic N) is 1. The molecule has 0 aliphatic carbocycles. The molecule has 2 heterocycles. The number of benzene rings is 1. The van der Waals surface area contributed by atoms with Crippen LogP contribution < -0.4 is 9.47 Å². The average Bonchev–Trinajstić information content (AvgIpc) is 2.86. The van der Waals surface area contributed by atoms with E-state index in [9.17, 15) is 4.79 Å². The van der Waals surface area contributed by atoms with Gasteiger partial charge in [-0.3, -0.25) is 9.69 Å². The van der Waals surface area contributed by atoms with E-state index in [4.69, 9.17) is 14.2 Å². The molecule has 5 heteroatoms. The van der Waals surface area contributed by atoms with Crippen molar-refractivity contribution in [3.8, 4) is 11.5 Å². The molecule has 2 aliphatic rings. The van der Waals surface area contributed by atoms with Crippen LogP contribution in [0, 0.1) is 0 Å². The van der Waals surface area contributed by atoms with Gasteiger partial charge in [-0.1, -0.05) is 6.92 Å². The van der Waals surface area contributed by atoms with Gasteiger partial charge >= 0.3 is 0 Å². The highest BCUT2D eigenvalue weighted by Crippen LogP contribution is 2.29. The molecule has 0 saturated carbocycles. The topological polar surface area (TPSA) is 48.0 Å². The van der Waals surface area contributed by atoms with Crippen LogP contribution in [0.1, 0.15) is 17.3 Å². The lowest BCUT2D eigenvalue weighted by Gasteiger charge is -2.31. The Morgan fingerprint density at radius 3 is 3.20 bits per heavy atom. The SMILES string of the molecule is CCN1CCOC(COc2ccc3c(c2)OCC3=O)C1. The van der Waals surface area contributed by atoms with Crippen LogP contribution in [-0.4, -0.2) is 56.2 Å². The maximum absolute atomic E-state index is 11.5. The number of carbonyl (C=O) groups excluding carboxylic acids is 1. The molecule has 1 unspecified atom stereocenters. The van der Waals surface area contributed by atoms with E-state index >= 15 is 0 Å². The molecule has 3 rings (SSSR count). The molecule has 1 aromatic carbocycles. The van der Waals surface area contributed by atoms with Gasteiger partial charge < -0.3 is 14.2 Å². The van der Waals surface area contributed by atoms with Gasteiger partial charge in [0.1, 0.15) is 24.2 Å². The number of fused-ring (bicyclic) bond motifs is 1. The maximum atomic E-state index is 11.5. The first kappa shape index (κ1) is 13.4. The largest absolute Gasteiger partial charge is 0.491 e. The van der Waals surface area contributed by atoms with Crippen LogP contribution in [0.4, 0.5) is 0 Å². The Balaban J connectivity index is 1.57. The molecule has 0 amide bonds. The molecule has 2 aliphatic heterocycles. The van der Waals surface area contributed by atoms with Crippen molar-refractivity contribution in [1.82, 2.24) is 4.90 Å². The smallest absolute Gasteiger partial charge is 0.203 e. The number of carbonyl (C=O) groups is 1. The van der Waals surface area contributed by atoms with Crippen LogP contribution in [0.15, 0.2) is 18.2 Å². The first-order valence-electron chi connectivity index (χ1n) is 7.03. The minimum absolute atomic E-state index is 0.0285. The fourth-order valence-electron chi connectivity index (χ4n) is 2.52. The fourth-order valence-corrected chi connectivity index (χ4v) is 2.52. The average molecular weight is 277 g/mol. The third-order valence-corrected chi connectivity index (χ3v) is 3.72. The molecule has 1 aromatic rings. The van der Waals surface area contributed by atoms with Crippen LogP contribution in [-0.2, 0) is 4.74 Å². The molecule has 108 valence electrons. The minimum Gasteiger partial charge on any atom is -0.491 e. The number of hydrogen-bond acceptors (Lipinski definition) is 5. The van der Waals surface area contributed by atoms with Crippen LogP contribution in [0.3, 0.4) is 0 Å². The standard InChI is InChI=1S/C15H19NO4/c1-2-16-5-6-18-12(8-16)9-19-11-3-4-13-14(17)10-20-15(13)7-11/h3-4,7,12H,2,5-6,8-10H2,1H3. The summed E-state index contributed by atoms with van der Waals surface area (Å²) >= 11 is 0. The lowest BCUT2D eigenvalue weighted by molar-refractivity contribution is -0.0464. The van der Waals surface area contributed by atoms with E-state index in [0.29, 0.717) is 17.9 Å². The second-order valence-electron chi connectivity index (χ2n) is 5.07. The van der Waals surface area contributed by atoms with E-state index in [-0.39, 0.29) is 18.5 Å². The number of Topliss-reactive ketones (excluding diaryl/α,β-unsaturated/α-hetero) is 1. The van der Waals surface area contributed by atoms with Crippen LogP contribution >= 0.6 is 0 Å². The zero-order valence-corrected chi connectivity index (χ0v) is 11.6. The Labute approximate surface area is 118 Å². The molecule has 0 aromatic heterocycles. The Kier molecular flexibility index (Phi) is 3.89. The van der Waals surface area contributed by atoms with Gasteiger partial charge in [0.25, 0.3) is 0 Å².